The fourth-order valence-electron chi connectivity index (χ4n) is 2.33. The predicted molar refractivity (Wildman–Crippen MR) is 94.3 cm³/mol. The van der Waals surface area contributed by atoms with E-state index in [9.17, 15) is 13.6 Å². The minimum absolute atomic E-state index is 0.0976. The molecular formula is C17H21BF2O3S. The van der Waals surface area contributed by atoms with Crippen LogP contribution in [0.15, 0.2) is 17.6 Å². The molecule has 130 valence electrons. The summed E-state index contributed by atoms with van der Waals surface area (Å²) in [5.74, 6) is -1.83. The topological polar surface area (TPSA) is 35.5 Å². The van der Waals surface area contributed by atoms with Gasteiger partial charge < -0.3 is 9.31 Å². The van der Waals surface area contributed by atoms with Crippen molar-refractivity contribution in [2.75, 3.05) is 5.75 Å². The molecule has 0 saturated carbocycles. The number of Topliss-reactive ketones (excluding diaryl/α,β-unsaturated/α-hetero) is 1. The van der Waals surface area contributed by atoms with Crippen LogP contribution >= 0.6 is 12.6 Å². The molecule has 0 bridgehead atoms. The predicted octanol–water partition coefficient (Wildman–Crippen LogP) is 4.11. The average Bonchev–Trinajstić information content (AvgIpc) is 2.66. The second-order valence-electron chi connectivity index (χ2n) is 6.88. The summed E-state index contributed by atoms with van der Waals surface area (Å²) < 4.78 is 39.6. The summed E-state index contributed by atoms with van der Waals surface area (Å²) in [4.78, 5) is 11.5. The van der Waals surface area contributed by atoms with Gasteiger partial charge in [0.2, 0.25) is 0 Å². The standard InChI is InChI=1S/C17H21BF2O3S/c1-10(21)13-7-11(14(19)8-15(13)20)6-12(9-24)18-22-16(2,3)17(4,5)23-18/h6-8,24H,9H2,1-5H3. The summed E-state index contributed by atoms with van der Waals surface area (Å²) in [6.07, 6.45) is 1.50. The molecule has 0 unspecified atom stereocenters. The molecule has 1 fully saturated rings. The molecule has 0 radical (unpaired) electrons. The van der Waals surface area contributed by atoms with Crippen LogP contribution in [0.1, 0.15) is 50.5 Å². The van der Waals surface area contributed by atoms with Gasteiger partial charge in [0.1, 0.15) is 11.6 Å². The Balaban J connectivity index is 2.42. The Hall–Kier alpha value is -1.18. The summed E-state index contributed by atoms with van der Waals surface area (Å²) in [7, 11) is -0.683. The van der Waals surface area contributed by atoms with Gasteiger partial charge in [-0.2, -0.15) is 12.6 Å². The number of halogens is 2. The number of hydrogen-bond donors (Lipinski definition) is 1. The molecule has 1 aromatic rings. The number of ketones is 1. The first-order valence-corrected chi connectivity index (χ1v) is 8.28. The van der Waals surface area contributed by atoms with Gasteiger partial charge in [0.15, 0.2) is 5.78 Å². The second kappa shape index (κ2) is 6.62. The molecule has 2 rings (SSSR count). The summed E-state index contributed by atoms with van der Waals surface area (Å²) >= 11 is 4.26. The lowest BCUT2D eigenvalue weighted by atomic mass is 9.78. The van der Waals surface area contributed by atoms with Crippen LogP contribution in [0.25, 0.3) is 6.08 Å². The quantitative estimate of drug-likeness (QED) is 0.502. The zero-order chi connectivity index (χ0) is 18.3. The van der Waals surface area contributed by atoms with E-state index in [2.05, 4.69) is 12.6 Å². The van der Waals surface area contributed by atoms with Crippen LogP contribution in [0.3, 0.4) is 0 Å². The number of rotatable bonds is 4. The van der Waals surface area contributed by atoms with E-state index in [0.717, 1.165) is 0 Å². The number of thiol groups is 1. The lowest BCUT2D eigenvalue weighted by molar-refractivity contribution is 0.00578. The minimum Gasteiger partial charge on any atom is -0.400 e. The molecule has 0 amide bonds. The molecular weight excluding hydrogens is 333 g/mol. The Kier molecular flexibility index (Phi) is 5.28. The number of hydrogen-bond acceptors (Lipinski definition) is 4. The zero-order valence-electron chi connectivity index (χ0n) is 14.4. The molecule has 7 heteroatoms. The third-order valence-corrected chi connectivity index (χ3v) is 4.91. The first kappa shape index (κ1) is 19.2. The fraction of sp³-hybridized carbons (Fsp3) is 0.471. The third-order valence-electron chi connectivity index (χ3n) is 4.55. The Morgan fingerprint density at radius 1 is 1.17 bits per heavy atom. The van der Waals surface area contributed by atoms with E-state index in [1.54, 1.807) is 0 Å². The van der Waals surface area contributed by atoms with Gasteiger partial charge in [0.05, 0.1) is 16.8 Å². The molecule has 0 aliphatic carbocycles. The van der Waals surface area contributed by atoms with Crippen molar-refractivity contribution in [3.63, 3.8) is 0 Å². The van der Waals surface area contributed by atoms with Crippen LogP contribution in [0, 0.1) is 11.6 Å². The first-order chi connectivity index (χ1) is 11.0. The van der Waals surface area contributed by atoms with Crippen molar-refractivity contribution in [1.29, 1.82) is 0 Å². The molecule has 0 atom stereocenters. The maximum Gasteiger partial charge on any atom is 0.491 e. The van der Waals surface area contributed by atoms with E-state index in [-0.39, 0.29) is 16.9 Å². The number of carbonyl (C=O) groups is 1. The van der Waals surface area contributed by atoms with Gasteiger partial charge in [-0.3, -0.25) is 4.79 Å². The molecule has 3 nitrogen and oxygen atoms in total. The maximum absolute atomic E-state index is 14.1. The highest BCUT2D eigenvalue weighted by atomic mass is 32.1. The highest BCUT2D eigenvalue weighted by Crippen LogP contribution is 2.39. The van der Waals surface area contributed by atoms with Crippen molar-refractivity contribution in [1.82, 2.24) is 0 Å². The van der Waals surface area contributed by atoms with Crippen molar-refractivity contribution in [3.8, 4) is 0 Å². The lowest BCUT2D eigenvalue weighted by Crippen LogP contribution is -2.41. The highest BCUT2D eigenvalue weighted by Gasteiger charge is 2.52. The second-order valence-corrected chi connectivity index (χ2v) is 7.19. The van der Waals surface area contributed by atoms with Crippen LogP contribution in [0.5, 0.6) is 0 Å². The van der Waals surface area contributed by atoms with Crippen molar-refractivity contribution >= 4 is 31.6 Å². The summed E-state index contributed by atoms with van der Waals surface area (Å²) in [5.41, 5.74) is -0.538. The SMILES string of the molecule is CC(=O)c1cc(C=C(CS)B2OC(C)(C)C(C)(C)O2)c(F)cc1F. The number of benzene rings is 1. The van der Waals surface area contributed by atoms with E-state index in [0.29, 0.717) is 11.5 Å². The molecule has 1 saturated heterocycles. The van der Waals surface area contributed by atoms with Crippen LogP contribution in [-0.2, 0) is 9.31 Å². The van der Waals surface area contributed by atoms with Crippen molar-refractivity contribution in [3.05, 3.63) is 40.4 Å². The molecule has 1 heterocycles. The van der Waals surface area contributed by atoms with Crippen LogP contribution in [-0.4, -0.2) is 29.9 Å². The zero-order valence-corrected chi connectivity index (χ0v) is 15.3. The summed E-state index contributed by atoms with van der Waals surface area (Å²) in [6.45, 7) is 8.88. The van der Waals surface area contributed by atoms with E-state index in [1.807, 2.05) is 27.7 Å². The maximum atomic E-state index is 14.1. The van der Waals surface area contributed by atoms with Gasteiger partial charge in [-0.25, -0.2) is 8.78 Å². The highest BCUT2D eigenvalue weighted by molar-refractivity contribution is 7.80. The largest absolute Gasteiger partial charge is 0.491 e. The van der Waals surface area contributed by atoms with E-state index >= 15 is 0 Å². The molecule has 0 aromatic heterocycles. The van der Waals surface area contributed by atoms with Crippen LogP contribution < -0.4 is 0 Å². The van der Waals surface area contributed by atoms with Crippen LogP contribution in [0.2, 0.25) is 0 Å². The van der Waals surface area contributed by atoms with E-state index in [1.165, 1.54) is 19.1 Å². The lowest BCUT2D eigenvalue weighted by Gasteiger charge is -2.32. The smallest absolute Gasteiger partial charge is 0.400 e. The van der Waals surface area contributed by atoms with Gasteiger partial charge in [0.25, 0.3) is 0 Å². The first-order valence-electron chi connectivity index (χ1n) is 7.65. The van der Waals surface area contributed by atoms with E-state index in [4.69, 9.17) is 9.31 Å². The van der Waals surface area contributed by atoms with Crippen molar-refractivity contribution in [2.24, 2.45) is 0 Å². The minimum atomic E-state index is -0.875. The molecule has 1 aliphatic heterocycles. The summed E-state index contributed by atoms with van der Waals surface area (Å²) in [5, 5.41) is 0. The summed E-state index contributed by atoms with van der Waals surface area (Å²) in [6, 6.07) is 1.91. The molecule has 24 heavy (non-hydrogen) atoms. The van der Waals surface area contributed by atoms with Gasteiger partial charge >= 0.3 is 7.12 Å². The van der Waals surface area contributed by atoms with Gasteiger partial charge in [0, 0.05) is 17.4 Å². The Morgan fingerprint density at radius 2 is 1.71 bits per heavy atom. The Morgan fingerprint density at radius 3 is 2.17 bits per heavy atom. The molecule has 0 N–H and O–H groups in total. The van der Waals surface area contributed by atoms with Gasteiger partial charge in [-0.1, -0.05) is 6.08 Å². The Bertz CT molecular complexity index is 685. The number of carbonyl (C=O) groups excluding carboxylic acids is 1. The molecule has 0 spiro atoms. The molecule has 1 aliphatic rings. The third kappa shape index (κ3) is 3.58. The van der Waals surface area contributed by atoms with Crippen LogP contribution in [0.4, 0.5) is 8.78 Å². The van der Waals surface area contributed by atoms with Crippen molar-refractivity contribution in [2.45, 2.75) is 45.8 Å². The average molecular weight is 354 g/mol. The van der Waals surface area contributed by atoms with Gasteiger partial charge in [-0.05, 0) is 46.2 Å². The fourth-order valence-corrected chi connectivity index (χ4v) is 2.57. The van der Waals surface area contributed by atoms with Crippen molar-refractivity contribution < 1.29 is 22.9 Å². The Labute approximate surface area is 147 Å². The van der Waals surface area contributed by atoms with Gasteiger partial charge in [-0.15, -0.1) is 0 Å². The normalized spacial score (nSPS) is 19.7. The monoisotopic (exact) mass is 354 g/mol. The van der Waals surface area contributed by atoms with E-state index < -0.39 is 35.7 Å². The molecule has 1 aromatic carbocycles.